The monoisotopic (exact) mass is 496 g/mol. The number of nitrogens with one attached hydrogen (secondary N) is 1. The number of piperazine rings is 1. The van der Waals surface area contributed by atoms with E-state index in [1.54, 1.807) is 24.3 Å². The van der Waals surface area contributed by atoms with E-state index in [0.717, 1.165) is 16.6 Å². The first kappa shape index (κ1) is 22.7. The molecule has 11 nitrogen and oxygen atoms in total. The standard InChI is InChI=1S/C26H24N8O3/c1-16-30-15-34(31-16)25-23-22(21(37-2)14-29-25)18(13-28-23)24(35)26(36)33-11-9-32(10-12-33)20-7-8-27-19-6-4-3-5-17(19)20/h3-8,13-15,28H,9-12H2,1-2H3. The fraction of sp³-hybridized carbons (Fsp3) is 0.231. The molecule has 0 radical (unpaired) electrons. The Morgan fingerprint density at radius 2 is 1.84 bits per heavy atom. The number of hydrogen-bond donors (Lipinski definition) is 1. The number of carbonyl (C=O) groups excluding carboxylic acids is 2. The van der Waals surface area contributed by atoms with Gasteiger partial charge in [-0.15, -0.1) is 0 Å². The lowest BCUT2D eigenvalue weighted by Crippen LogP contribution is -2.50. The van der Waals surface area contributed by atoms with E-state index in [0.29, 0.717) is 54.5 Å². The number of Topliss-reactive ketones (excluding diaryl/α,β-unsaturated/α-hetero) is 1. The topological polar surface area (TPSA) is 122 Å². The van der Waals surface area contributed by atoms with Crippen LogP contribution in [-0.4, -0.2) is 79.6 Å². The number of aromatic amines is 1. The molecule has 5 aromatic rings. The molecule has 5 heterocycles. The van der Waals surface area contributed by atoms with Crippen LogP contribution in [0.3, 0.4) is 0 Å². The molecule has 0 bridgehead atoms. The van der Waals surface area contributed by atoms with Crippen LogP contribution in [0.5, 0.6) is 5.75 Å². The van der Waals surface area contributed by atoms with Crippen molar-refractivity contribution in [2.75, 3.05) is 38.2 Å². The van der Waals surface area contributed by atoms with Gasteiger partial charge in [-0.3, -0.25) is 14.6 Å². The molecule has 0 atom stereocenters. The molecule has 0 aliphatic carbocycles. The minimum absolute atomic E-state index is 0.236. The number of carbonyl (C=O) groups is 2. The maximum atomic E-state index is 13.4. The number of amides is 1. The Hall–Kier alpha value is -4.80. The predicted molar refractivity (Wildman–Crippen MR) is 137 cm³/mol. The number of methoxy groups -OCH3 is 1. The summed E-state index contributed by atoms with van der Waals surface area (Å²) in [4.78, 5) is 46.6. The van der Waals surface area contributed by atoms with E-state index in [2.05, 4.69) is 29.9 Å². The predicted octanol–water partition coefficient (Wildman–Crippen LogP) is 2.54. The average Bonchev–Trinajstić information content (AvgIpc) is 3.58. The first-order valence-corrected chi connectivity index (χ1v) is 11.9. The summed E-state index contributed by atoms with van der Waals surface area (Å²) in [6.45, 7) is 3.88. The van der Waals surface area contributed by atoms with Gasteiger partial charge in [-0.2, -0.15) is 5.10 Å². The van der Waals surface area contributed by atoms with E-state index in [1.807, 2.05) is 30.3 Å². The van der Waals surface area contributed by atoms with Gasteiger partial charge in [0.2, 0.25) is 0 Å². The largest absolute Gasteiger partial charge is 0.494 e. The Balaban J connectivity index is 1.25. The molecule has 37 heavy (non-hydrogen) atoms. The molecule has 1 N–H and O–H groups in total. The number of nitrogens with zero attached hydrogens (tertiary/aromatic N) is 7. The van der Waals surface area contributed by atoms with Crippen molar-refractivity contribution in [3.05, 3.63) is 66.6 Å². The molecule has 1 aliphatic rings. The molecule has 186 valence electrons. The number of hydrogen-bond acceptors (Lipinski definition) is 8. The van der Waals surface area contributed by atoms with Crippen LogP contribution in [0.15, 0.2) is 55.2 Å². The second kappa shape index (κ2) is 9.01. The van der Waals surface area contributed by atoms with Crippen molar-refractivity contribution in [1.29, 1.82) is 0 Å². The highest BCUT2D eigenvalue weighted by Gasteiger charge is 2.30. The molecule has 6 rings (SSSR count). The van der Waals surface area contributed by atoms with Gasteiger partial charge in [0.25, 0.3) is 11.7 Å². The van der Waals surface area contributed by atoms with Crippen LogP contribution in [0.2, 0.25) is 0 Å². The van der Waals surface area contributed by atoms with Crippen molar-refractivity contribution in [1.82, 2.24) is 34.6 Å². The minimum atomic E-state index is -0.598. The second-order valence-corrected chi connectivity index (χ2v) is 8.79. The molecule has 1 amide bonds. The summed E-state index contributed by atoms with van der Waals surface area (Å²) in [6.07, 6.45) is 6.39. The summed E-state index contributed by atoms with van der Waals surface area (Å²) in [5, 5.41) is 5.87. The highest BCUT2D eigenvalue weighted by molar-refractivity contribution is 6.45. The molecule has 1 fully saturated rings. The molecule has 1 saturated heterocycles. The first-order chi connectivity index (χ1) is 18.0. The average molecular weight is 497 g/mol. The number of ether oxygens (including phenoxy) is 1. The van der Waals surface area contributed by atoms with Gasteiger partial charge < -0.3 is 19.5 Å². The molecule has 0 saturated carbocycles. The fourth-order valence-electron chi connectivity index (χ4n) is 4.83. The van der Waals surface area contributed by atoms with Gasteiger partial charge >= 0.3 is 0 Å². The summed E-state index contributed by atoms with van der Waals surface area (Å²) in [5.41, 5.74) is 2.78. The maximum absolute atomic E-state index is 13.4. The van der Waals surface area contributed by atoms with Gasteiger partial charge in [-0.25, -0.2) is 14.6 Å². The first-order valence-electron chi connectivity index (χ1n) is 11.9. The number of fused-ring (bicyclic) bond motifs is 2. The Bertz CT molecular complexity index is 1640. The van der Waals surface area contributed by atoms with Crippen molar-refractivity contribution in [2.24, 2.45) is 0 Å². The van der Waals surface area contributed by atoms with Crippen LogP contribution in [0, 0.1) is 6.92 Å². The van der Waals surface area contributed by atoms with Crippen LogP contribution >= 0.6 is 0 Å². The molecule has 4 aromatic heterocycles. The summed E-state index contributed by atoms with van der Waals surface area (Å²) in [6, 6.07) is 9.98. The fourth-order valence-corrected chi connectivity index (χ4v) is 4.83. The lowest BCUT2D eigenvalue weighted by atomic mass is 10.1. The Morgan fingerprint density at radius 3 is 2.59 bits per heavy atom. The second-order valence-electron chi connectivity index (χ2n) is 8.79. The molecule has 0 spiro atoms. The Labute approximate surface area is 211 Å². The third-order valence-electron chi connectivity index (χ3n) is 6.67. The van der Waals surface area contributed by atoms with Crippen LogP contribution < -0.4 is 9.64 Å². The zero-order valence-corrected chi connectivity index (χ0v) is 20.4. The van der Waals surface area contributed by atoms with Gasteiger partial charge in [-0.1, -0.05) is 18.2 Å². The van der Waals surface area contributed by atoms with Crippen LogP contribution in [0.1, 0.15) is 16.2 Å². The number of H-pyrrole nitrogens is 1. The minimum Gasteiger partial charge on any atom is -0.494 e. The quantitative estimate of drug-likeness (QED) is 0.291. The molecule has 1 aromatic carbocycles. The van der Waals surface area contributed by atoms with Crippen molar-refractivity contribution < 1.29 is 14.3 Å². The lowest BCUT2D eigenvalue weighted by Gasteiger charge is -2.36. The van der Waals surface area contributed by atoms with E-state index in [4.69, 9.17) is 4.74 Å². The summed E-state index contributed by atoms with van der Waals surface area (Å²) in [5.74, 6) is 0.294. The van der Waals surface area contributed by atoms with Crippen molar-refractivity contribution in [3.63, 3.8) is 0 Å². The van der Waals surface area contributed by atoms with E-state index in [1.165, 1.54) is 24.2 Å². The van der Waals surface area contributed by atoms with Crippen LogP contribution in [-0.2, 0) is 4.79 Å². The molecular formula is C26H24N8O3. The molecular weight excluding hydrogens is 472 g/mol. The highest BCUT2D eigenvalue weighted by Crippen LogP contribution is 2.32. The van der Waals surface area contributed by atoms with Gasteiger partial charge in [0.05, 0.1) is 35.3 Å². The number of rotatable bonds is 5. The Morgan fingerprint density at radius 1 is 1.03 bits per heavy atom. The number of para-hydroxylation sites is 1. The maximum Gasteiger partial charge on any atom is 0.295 e. The highest BCUT2D eigenvalue weighted by atomic mass is 16.5. The normalized spacial score (nSPS) is 13.9. The number of aryl methyl sites for hydroxylation is 1. The lowest BCUT2D eigenvalue weighted by molar-refractivity contribution is -0.126. The third-order valence-corrected chi connectivity index (χ3v) is 6.67. The Kier molecular flexibility index (Phi) is 5.52. The van der Waals surface area contributed by atoms with E-state index >= 15 is 0 Å². The third kappa shape index (κ3) is 3.84. The van der Waals surface area contributed by atoms with Crippen molar-refractivity contribution >= 4 is 39.2 Å². The van der Waals surface area contributed by atoms with Crippen molar-refractivity contribution in [2.45, 2.75) is 6.92 Å². The van der Waals surface area contributed by atoms with Crippen LogP contribution in [0.25, 0.3) is 27.6 Å². The van der Waals surface area contributed by atoms with E-state index < -0.39 is 11.7 Å². The zero-order valence-electron chi connectivity index (χ0n) is 20.4. The number of aromatic nitrogens is 6. The molecule has 1 aliphatic heterocycles. The smallest absolute Gasteiger partial charge is 0.295 e. The SMILES string of the molecule is COc1cnc(-n2cnc(C)n2)c2[nH]cc(C(=O)C(=O)N3CCN(c4ccnc5ccccc45)CC3)c12. The van der Waals surface area contributed by atoms with Crippen molar-refractivity contribution in [3.8, 4) is 11.6 Å². The van der Waals surface area contributed by atoms with Gasteiger partial charge in [0, 0.05) is 49.6 Å². The van der Waals surface area contributed by atoms with Gasteiger partial charge in [-0.05, 0) is 19.1 Å². The van der Waals surface area contributed by atoms with Crippen LogP contribution in [0.4, 0.5) is 5.69 Å². The number of ketones is 1. The summed E-state index contributed by atoms with van der Waals surface area (Å²) >= 11 is 0. The van der Waals surface area contributed by atoms with E-state index in [9.17, 15) is 9.59 Å². The van der Waals surface area contributed by atoms with E-state index in [-0.39, 0.29) is 5.56 Å². The summed E-state index contributed by atoms with van der Waals surface area (Å²) < 4.78 is 7.00. The number of pyridine rings is 2. The molecule has 11 heteroatoms. The molecule has 0 unspecified atom stereocenters. The zero-order chi connectivity index (χ0) is 25.5. The number of anilines is 1. The van der Waals surface area contributed by atoms with Gasteiger partial charge in [0.15, 0.2) is 5.82 Å². The number of benzene rings is 1. The van der Waals surface area contributed by atoms with Gasteiger partial charge in [0.1, 0.15) is 17.9 Å². The summed E-state index contributed by atoms with van der Waals surface area (Å²) in [7, 11) is 1.50.